The third kappa shape index (κ3) is 4.33. The average Bonchev–Trinajstić information content (AvgIpc) is 2.83. The summed E-state index contributed by atoms with van der Waals surface area (Å²) in [5, 5.41) is 0. The number of hydrogen-bond acceptors (Lipinski definition) is 7. The number of anilines is 1. The molecule has 32 heavy (non-hydrogen) atoms. The molecule has 0 unspecified atom stereocenters. The second-order valence-corrected chi connectivity index (χ2v) is 8.29. The maximum absolute atomic E-state index is 13.6. The van der Waals surface area contributed by atoms with E-state index in [1.165, 1.54) is 64.8 Å². The zero-order chi connectivity index (χ0) is 23.3. The number of nitrogens with zero attached hydrogens (tertiary/aromatic N) is 1. The SMILES string of the molecule is COc1ccc(N(C(=O)c2cc(OC)c(OC)c(OC)c2)S(=O)(=O)c2ccccc2)cc1. The molecule has 0 atom stereocenters. The lowest BCUT2D eigenvalue weighted by Gasteiger charge is -2.24. The van der Waals surface area contributed by atoms with Crippen LogP contribution < -0.4 is 23.3 Å². The van der Waals surface area contributed by atoms with Crippen molar-refractivity contribution in [1.29, 1.82) is 0 Å². The second kappa shape index (κ2) is 9.61. The first-order chi connectivity index (χ1) is 15.4. The lowest BCUT2D eigenvalue weighted by molar-refractivity contribution is 0.100. The highest BCUT2D eigenvalue weighted by Crippen LogP contribution is 2.39. The van der Waals surface area contributed by atoms with Crippen LogP contribution in [0.25, 0.3) is 0 Å². The van der Waals surface area contributed by atoms with Gasteiger partial charge in [0, 0.05) is 5.56 Å². The number of ether oxygens (including phenoxy) is 4. The fraction of sp³-hybridized carbons (Fsp3) is 0.174. The first-order valence-electron chi connectivity index (χ1n) is 9.46. The average molecular weight is 458 g/mol. The summed E-state index contributed by atoms with van der Waals surface area (Å²) in [5.41, 5.74) is 0.184. The van der Waals surface area contributed by atoms with Gasteiger partial charge < -0.3 is 18.9 Å². The van der Waals surface area contributed by atoms with Gasteiger partial charge in [0.2, 0.25) is 5.75 Å². The summed E-state index contributed by atoms with van der Waals surface area (Å²) in [6, 6.07) is 16.7. The molecule has 0 radical (unpaired) electrons. The van der Waals surface area contributed by atoms with Crippen LogP contribution in [0.2, 0.25) is 0 Å². The molecule has 0 N–H and O–H groups in total. The van der Waals surface area contributed by atoms with E-state index in [-0.39, 0.29) is 33.4 Å². The third-order valence-electron chi connectivity index (χ3n) is 4.68. The molecule has 0 aliphatic heterocycles. The summed E-state index contributed by atoms with van der Waals surface area (Å²) in [4.78, 5) is 13.6. The number of rotatable bonds is 8. The van der Waals surface area contributed by atoms with Crippen LogP contribution in [0.4, 0.5) is 5.69 Å². The number of sulfonamides is 1. The number of methoxy groups -OCH3 is 4. The van der Waals surface area contributed by atoms with Crippen molar-refractivity contribution >= 4 is 21.6 Å². The molecule has 0 heterocycles. The summed E-state index contributed by atoms with van der Waals surface area (Å²) >= 11 is 0. The van der Waals surface area contributed by atoms with Crippen LogP contribution in [-0.4, -0.2) is 42.8 Å². The summed E-state index contributed by atoms with van der Waals surface area (Å²) < 4.78 is 48.9. The summed E-state index contributed by atoms with van der Waals surface area (Å²) in [7, 11) is 1.51. The fourth-order valence-electron chi connectivity index (χ4n) is 3.10. The predicted octanol–water partition coefficient (Wildman–Crippen LogP) is 3.76. The van der Waals surface area contributed by atoms with Gasteiger partial charge >= 0.3 is 0 Å². The second-order valence-electron chi connectivity index (χ2n) is 6.50. The molecule has 3 aromatic rings. The quantitative estimate of drug-likeness (QED) is 0.509. The molecule has 9 heteroatoms. The van der Waals surface area contributed by atoms with Gasteiger partial charge in [-0.25, -0.2) is 8.42 Å². The smallest absolute Gasteiger partial charge is 0.272 e. The molecule has 3 aromatic carbocycles. The molecule has 0 bridgehead atoms. The van der Waals surface area contributed by atoms with Crippen molar-refractivity contribution in [3.8, 4) is 23.0 Å². The molecule has 3 rings (SSSR count). The van der Waals surface area contributed by atoms with Crippen LogP contribution in [0.3, 0.4) is 0 Å². The molecule has 0 aliphatic carbocycles. The standard InChI is InChI=1S/C23H23NO7S/c1-28-18-12-10-17(11-13-18)24(32(26,27)19-8-6-5-7-9-19)23(25)16-14-20(29-2)22(31-4)21(15-16)30-3/h5-15H,1-4H3. The highest BCUT2D eigenvalue weighted by molar-refractivity contribution is 7.93. The van der Waals surface area contributed by atoms with E-state index >= 15 is 0 Å². The lowest BCUT2D eigenvalue weighted by Crippen LogP contribution is -2.37. The molecule has 0 saturated carbocycles. The molecule has 1 amide bonds. The predicted molar refractivity (Wildman–Crippen MR) is 120 cm³/mol. The topological polar surface area (TPSA) is 91.4 Å². The molecule has 0 fully saturated rings. The van der Waals surface area contributed by atoms with Gasteiger partial charge in [-0.1, -0.05) is 18.2 Å². The third-order valence-corrected chi connectivity index (χ3v) is 6.41. The van der Waals surface area contributed by atoms with Gasteiger partial charge in [-0.05, 0) is 48.5 Å². The number of carbonyl (C=O) groups excluding carboxylic acids is 1. The minimum absolute atomic E-state index is 0.0309. The molecule has 0 aliphatic rings. The van der Waals surface area contributed by atoms with Gasteiger partial charge in [0.05, 0.1) is 39.0 Å². The first kappa shape index (κ1) is 23.0. The van der Waals surface area contributed by atoms with Crippen molar-refractivity contribution < 1.29 is 32.2 Å². The van der Waals surface area contributed by atoms with Gasteiger partial charge in [0.25, 0.3) is 15.9 Å². The van der Waals surface area contributed by atoms with Crippen molar-refractivity contribution in [1.82, 2.24) is 0 Å². The Morgan fingerprint density at radius 2 is 1.31 bits per heavy atom. The summed E-state index contributed by atoms with van der Waals surface area (Å²) in [6.45, 7) is 0. The van der Waals surface area contributed by atoms with Gasteiger partial charge in [0.15, 0.2) is 11.5 Å². The van der Waals surface area contributed by atoms with Crippen LogP contribution in [0, 0.1) is 0 Å². The zero-order valence-electron chi connectivity index (χ0n) is 18.1. The molecule has 0 spiro atoms. The minimum Gasteiger partial charge on any atom is -0.497 e. The normalized spacial score (nSPS) is 10.9. The minimum atomic E-state index is -4.25. The Morgan fingerprint density at radius 1 is 0.750 bits per heavy atom. The number of carbonyl (C=O) groups is 1. The van der Waals surface area contributed by atoms with E-state index in [9.17, 15) is 13.2 Å². The van der Waals surface area contributed by atoms with E-state index in [0.29, 0.717) is 5.75 Å². The molecule has 0 saturated heterocycles. The van der Waals surface area contributed by atoms with Crippen molar-refractivity contribution in [3.05, 3.63) is 72.3 Å². The summed E-state index contributed by atoms with van der Waals surface area (Å²) in [6.07, 6.45) is 0. The zero-order valence-corrected chi connectivity index (χ0v) is 18.9. The van der Waals surface area contributed by atoms with Crippen molar-refractivity contribution in [2.45, 2.75) is 4.90 Å². The Bertz CT molecular complexity index is 1170. The Labute approximate surface area is 187 Å². The maximum atomic E-state index is 13.6. The van der Waals surface area contributed by atoms with Crippen molar-refractivity contribution in [2.75, 3.05) is 32.7 Å². The number of benzene rings is 3. The van der Waals surface area contributed by atoms with Crippen LogP contribution >= 0.6 is 0 Å². The Balaban J connectivity index is 2.20. The van der Waals surface area contributed by atoms with Crippen molar-refractivity contribution in [2.24, 2.45) is 0 Å². The Morgan fingerprint density at radius 3 is 1.78 bits per heavy atom. The Kier molecular flexibility index (Phi) is 6.89. The molecule has 168 valence electrons. The summed E-state index contributed by atoms with van der Waals surface area (Å²) in [5.74, 6) is 0.460. The van der Waals surface area contributed by atoms with Gasteiger partial charge in [-0.3, -0.25) is 4.79 Å². The molecule has 8 nitrogen and oxygen atoms in total. The van der Waals surface area contributed by atoms with Crippen LogP contribution in [0.1, 0.15) is 10.4 Å². The van der Waals surface area contributed by atoms with Gasteiger partial charge in [-0.2, -0.15) is 4.31 Å². The number of hydrogen-bond donors (Lipinski definition) is 0. The van der Waals surface area contributed by atoms with Crippen LogP contribution in [-0.2, 0) is 10.0 Å². The first-order valence-corrected chi connectivity index (χ1v) is 10.9. The van der Waals surface area contributed by atoms with Crippen LogP contribution in [0.15, 0.2) is 71.6 Å². The molecule has 0 aromatic heterocycles. The number of amides is 1. The Hall–Kier alpha value is -3.72. The van der Waals surface area contributed by atoms with Gasteiger partial charge in [-0.15, -0.1) is 0 Å². The van der Waals surface area contributed by atoms with E-state index < -0.39 is 15.9 Å². The largest absolute Gasteiger partial charge is 0.497 e. The van der Waals surface area contributed by atoms with Crippen molar-refractivity contribution in [3.63, 3.8) is 0 Å². The van der Waals surface area contributed by atoms with Gasteiger partial charge in [0.1, 0.15) is 5.75 Å². The lowest BCUT2D eigenvalue weighted by atomic mass is 10.1. The van der Waals surface area contributed by atoms with Crippen LogP contribution in [0.5, 0.6) is 23.0 Å². The molecular formula is C23H23NO7S. The highest BCUT2D eigenvalue weighted by atomic mass is 32.2. The molecular weight excluding hydrogens is 434 g/mol. The maximum Gasteiger partial charge on any atom is 0.272 e. The fourth-order valence-corrected chi connectivity index (χ4v) is 4.54. The van der Waals surface area contributed by atoms with E-state index in [4.69, 9.17) is 18.9 Å². The van der Waals surface area contributed by atoms with E-state index in [1.54, 1.807) is 30.3 Å². The van der Waals surface area contributed by atoms with E-state index in [1.807, 2.05) is 0 Å². The highest BCUT2D eigenvalue weighted by Gasteiger charge is 2.33. The van der Waals surface area contributed by atoms with E-state index in [0.717, 1.165) is 4.31 Å². The monoisotopic (exact) mass is 457 g/mol. The van der Waals surface area contributed by atoms with E-state index in [2.05, 4.69) is 0 Å².